The number of aromatic amines is 1. The second-order valence-electron chi connectivity index (χ2n) is 9.70. The first-order valence-electron chi connectivity index (χ1n) is 12.5. The molecule has 2 aromatic heterocycles. The van der Waals surface area contributed by atoms with Crippen molar-refractivity contribution in [1.29, 1.82) is 0 Å². The first-order valence-corrected chi connectivity index (χ1v) is 12.5. The molecule has 2 aromatic rings. The smallest absolute Gasteiger partial charge is 0.228 e. The lowest BCUT2D eigenvalue weighted by molar-refractivity contribution is -0.140. The van der Waals surface area contributed by atoms with Gasteiger partial charge >= 0.3 is 0 Å². The Morgan fingerprint density at radius 2 is 2.03 bits per heavy atom. The summed E-state index contributed by atoms with van der Waals surface area (Å²) < 4.78 is 11.7. The average Bonchev–Trinajstić information content (AvgIpc) is 3.47. The number of nitrogens with zero attached hydrogens (tertiary/aromatic N) is 4. The van der Waals surface area contributed by atoms with Gasteiger partial charge in [0.25, 0.3) is 0 Å². The van der Waals surface area contributed by atoms with Crippen molar-refractivity contribution in [2.75, 3.05) is 23.8 Å². The number of H-pyrrole nitrogens is 1. The van der Waals surface area contributed by atoms with Crippen LogP contribution >= 0.6 is 0 Å². The first kappa shape index (κ1) is 22.9. The van der Waals surface area contributed by atoms with Gasteiger partial charge in [0, 0.05) is 42.7 Å². The number of aromatic nitrogens is 4. The van der Waals surface area contributed by atoms with Crippen LogP contribution in [0.3, 0.4) is 0 Å². The van der Waals surface area contributed by atoms with Crippen molar-refractivity contribution in [1.82, 2.24) is 25.1 Å². The van der Waals surface area contributed by atoms with Gasteiger partial charge in [0.15, 0.2) is 5.82 Å². The number of carbonyl (C=O) groups is 1. The maximum atomic E-state index is 12.5. The molecular formula is C24H35N7O3. The van der Waals surface area contributed by atoms with E-state index in [1.807, 2.05) is 26.8 Å². The highest BCUT2D eigenvalue weighted by Crippen LogP contribution is 2.36. The second kappa shape index (κ2) is 9.77. The van der Waals surface area contributed by atoms with Crippen LogP contribution in [-0.2, 0) is 9.53 Å². The summed E-state index contributed by atoms with van der Waals surface area (Å²) in [5.41, 5.74) is 1.80. The van der Waals surface area contributed by atoms with Crippen LogP contribution in [0.25, 0.3) is 0 Å². The molecule has 2 bridgehead atoms. The number of carbonyl (C=O) groups excluding carboxylic acids is 1. The van der Waals surface area contributed by atoms with Crippen LogP contribution in [-0.4, -0.2) is 68.4 Å². The van der Waals surface area contributed by atoms with Crippen molar-refractivity contribution in [2.45, 2.75) is 89.9 Å². The van der Waals surface area contributed by atoms with Gasteiger partial charge < -0.3 is 25.0 Å². The Hall–Kier alpha value is -2.88. The Kier molecular flexibility index (Phi) is 6.58. The number of hydrogen-bond donors (Lipinski definition) is 3. The zero-order valence-electron chi connectivity index (χ0n) is 20.3. The van der Waals surface area contributed by atoms with E-state index in [9.17, 15) is 4.79 Å². The van der Waals surface area contributed by atoms with E-state index in [0.29, 0.717) is 55.2 Å². The lowest BCUT2D eigenvalue weighted by Gasteiger charge is -2.49. The largest absolute Gasteiger partial charge is 0.471 e. The molecule has 10 nitrogen and oxygen atoms in total. The molecule has 0 radical (unpaired) electrons. The van der Waals surface area contributed by atoms with E-state index in [1.165, 1.54) is 6.42 Å². The zero-order valence-corrected chi connectivity index (χ0v) is 20.3. The van der Waals surface area contributed by atoms with E-state index in [-0.39, 0.29) is 18.1 Å². The van der Waals surface area contributed by atoms with Gasteiger partial charge in [-0.05, 0) is 46.0 Å². The number of ether oxygens (including phenoxy) is 2. The number of aryl methyl sites for hydroxylation is 1. The fourth-order valence-corrected chi connectivity index (χ4v) is 5.44. The number of nitrogens with one attached hydrogen (secondary N) is 3. The van der Waals surface area contributed by atoms with Crippen LogP contribution in [0.4, 0.5) is 17.6 Å². The van der Waals surface area contributed by atoms with E-state index in [0.717, 1.165) is 43.4 Å². The zero-order chi connectivity index (χ0) is 23.7. The fourth-order valence-electron chi connectivity index (χ4n) is 5.44. The molecule has 34 heavy (non-hydrogen) atoms. The highest BCUT2D eigenvalue weighted by atomic mass is 16.5. The summed E-state index contributed by atoms with van der Waals surface area (Å²) in [6.45, 7) is 7.14. The molecule has 10 heteroatoms. The normalized spacial score (nSPS) is 26.4. The van der Waals surface area contributed by atoms with E-state index in [1.54, 1.807) is 0 Å². The first-order chi connectivity index (χ1) is 16.5. The lowest BCUT2D eigenvalue weighted by atomic mass is 9.81. The molecule has 3 saturated heterocycles. The van der Waals surface area contributed by atoms with Gasteiger partial charge in [-0.3, -0.25) is 9.89 Å². The molecule has 5 heterocycles. The van der Waals surface area contributed by atoms with Crippen LogP contribution in [0.15, 0.2) is 6.07 Å². The quantitative estimate of drug-likeness (QED) is 0.564. The highest BCUT2D eigenvalue weighted by Gasteiger charge is 2.40. The van der Waals surface area contributed by atoms with Gasteiger partial charge in [-0.2, -0.15) is 15.1 Å². The van der Waals surface area contributed by atoms with Crippen LogP contribution in [0.2, 0.25) is 0 Å². The molecule has 184 valence electrons. The molecule has 3 aliphatic heterocycles. The number of rotatable bonds is 7. The predicted molar refractivity (Wildman–Crippen MR) is 128 cm³/mol. The Labute approximate surface area is 200 Å². The molecule has 0 aliphatic carbocycles. The molecule has 3 fully saturated rings. The Morgan fingerprint density at radius 3 is 2.68 bits per heavy atom. The minimum atomic E-state index is -0.00965. The van der Waals surface area contributed by atoms with Crippen LogP contribution in [0, 0.1) is 13.8 Å². The third-order valence-electron chi connectivity index (χ3n) is 7.12. The Balaban J connectivity index is 1.38. The molecule has 0 spiro atoms. The summed E-state index contributed by atoms with van der Waals surface area (Å²) in [5.74, 6) is 2.72. The van der Waals surface area contributed by atoms with E-state index in [2.05, 4.69) is 25.7 Å². The topological polar surface area (TPSA) is 117 Å². The van der Waals surface area contributed by atoms with Crippen molar-refractivity contribution in [3.8, 4) is 5.88 Å². The van der Waals surface area contributed by atoms with E-state index >= 15 is 0 Å². The summed E-state index contributed by atoms with van der Waals surface area (Å²) in [4.78, 5) is 24.2. The average molecular weight is 470 g/mol. The molecule has 0 aromatic carbocycles. The van der Waals surface area contributed by atoms with Gasteiger partial charge in [-0.25, -0.2) is 0 Å². The molecule has 1 amide bonds. The fraction of sp³-hybridized carbons (Fsp3) is 0.667. The van der Waals surface area contributed by atoms with Crippen LogP contribution in [0.1, 0.15) is 63.1 Å². The van der Waals surface area contributed by atoms with Crippen molar-refractivity contribution in [3.63, 3.8) is 0 Å². The Morgan fingerprint density at radius 1 is 1.24 bits per heavy atom. The van der Waals surface area contributed by atoms with Crippen molar-refractivity contribution in [2.24, 2.45) is 0 Å². The van der Waals surface area contributed by atoms with Gasteiger partial charge in [-0.1, -0.05) is 6.92 Å². The minimum absolute atomic E-state index is 0.00965. The summed E-state index contributed by atoms with van der Waals surface area (Å²) >= 11 is 0. The number of fused-ring (bicyclic) bond motifs is 2. The molecule has 3 unspecified atom stereocenters. The SMILES string of the molecule is CCC(=O)N1C2CCCC1CC(Nc1nc(Nc3cc(C)[nH]n3)c(C)c(OC3CCOC3)n1)C2. The van der Waals surface area contributed by atoms with Crippen molar-refractivity contribution >= 4 is 23.5 Å². The lowest BCUT2D eigenvalue weighted by Crippen LogP contribution is -2.57. The van der Waals surface area contributed by atoms with Crippen LogP contribution in [0.5, 0.6) is 5.88 Å². The summed E-state index contributed by atoms with van der Waals surface area (Å²) in [6.07, 6.45) is 6.55. The maximum Gasteiger partial charge on any atom is 0.228 e. The molecule has 3 aliphatic rings. The van der Waals surface area contributed by atoms with Crippen molar-refractivity contribution in [3.05, 3.63) is 17.3 Å². The number of amides is 1. The summed E-state index contributed by atoms with van der Waals surface area (Å²) in [5, 5.41) is 14.1. The molecule has 5 rings (SSSR count). The molecule has 0 saturated carbocycles. The molecule has 3 N–H and O–H groups in total. The van der Waals surface area contributed by atoms with Gasteiger partial charge in [0.1, 0.15) is 11.9 Å². The summed E-state index contributed by atoms with van der Waals surface area (Å²) in [6, 6.07) is 2.72. The van der Waals surface area contributed by atoms with Gasteiger partial charge in [-0.15, -0.1) is 0 Å². The minimum Gasteiger partial charge on any atom is -0.471 e. The maximum absolute atomic E-state index is 12.5. The number of hydrogen-bond acceptors (Lipinski definition) is 8. The van der Waals surface area contributed by atoms with Gasteiger partial charge in [0.2, 0.25) is 17.7 Å². The Bertz CT molecular complexity index is 1010. The number of anilines is 3. The molecular weight excluding hydrogens is 434 g/mol. The standard InChI is InChI=1S/C24H35N7O3/c1-4-21(32)31-17-6-5-7-18(31)12-16(11-17)25-24-27-22(26-20-10-14(2)29-30-20)15(3)23(28-24)34-19-8-9-33-13-19/h10,16-19H,4-9,11-13H2,1-3H3,(H3,25,26,27,28,29,30). The second-order valence-corrected chi connectivity index (χ2v) is 9.70. The van der Waals surface area contributed by atoms with E-state index in [4.69, 9.17) is 19.4 Å². The number of piperidine rings is 2. The van der Waals surface area contributed by atoms with E-state index < -0.39 is 0 Å². The third-order valence-corrected chi connectivity index (χ3v) is 7.12. The molecule has 3 atom stereocenters. The predicted octanol–water partition coefficient (Wildman–Crippen LogP) is 3.46. The van der Waals surface area contributed by atoms with Crippen LogP contribution < -0.4 is 15.4 Å². The highest BCUT2D eigenvalue weighted by molar-refractivity contribution is 5.77. The summed E-state index contributed by atoms with van der Waals surface area (Å²) in [7, 11) is 0. The van der Waals surface area contributed by atoms with Gasteiger partial charge in [0.05, 0.1) is 18.8 Å². The van der Waals surface area contributed by atoms with Crippen molar-refractivity contribution < 1.29 is 14.3 Å². The third kappa shape index (κ3) is 4.82. The monoisotopic (exact) mass is 469 g/mol.